The maximum absolute atomic E-state index is 13.0. The minimum atomic E-state index is -0.164. The smallest absolute Gasteiger partial charge is 0.255 e. The summed E-state index contributed by atoms with van der Waals surface area (Å²) in [6.45, 7) is 2.38. The first-order valence-corrected chi connectivity index (χ1v) is 11.0. The van der Waals surface area contributed by atoms with Crippen LogP contribution in [0.2, 0.25) is 0 Å². The summed E-state index contributed by atoms with van der Waals surface area (Å²) < 4.78 is 10.8. The quantitative estimate of drug-likeness (QED) is 0.617. The number of hydrogen-bond donors (Lipinski definition) is 1. The third-order valence-electron chi connectivity index (χ3n) is 5.63. The molecule has 0 radical (unpaired) electrons. The molecule has 0 spiro atoms. The van der Waals surface area contributed by atoms with E-state index in [0.717, 1.165) is 19.5 Å². The highest BCUT2D eigenvalue weighted by Crippen LogP contribution is 2.32. The monoisotopic (exact) mass is 422 g/mol. The van der Waals surface area contributed by atoms with E-state index in [1.807, 2.05) is 0 Å². The molecule has 1 unspecified atom stereocenters. The molecule has 1 aliphatic rings. The Bertz CT molecular complexity index is 1000. The first-order chi connectivity index (χ1) is 14.7. The standard InChI is InChI=1S/C24H26N2O3S/c1-28-22-9-5-8-20(23(22)29-2)24(27)25-14-21(19-11-13-30-16-19)26-12-10-17-6-3-4-7-18(17)15-26/h3-9,11,13,16,21H,10,12,14-15H2,1-2H3,(H,25,27). The second-order valence-corrected chi connectivity index (χ2v) is 8.09. The Morgan fingerprint density at radius 1 is 1.10 bits per heavy atom. The molecule has 0 fully saturated rings. The van der Waals surface area contributed by atoms with Crippen LogP contribution in [0.15, 0.2) is 59.3 Å². The molecule has 2 aromatic carbocycles. The highest BCUT2D eigenvalue weighted by Gasteiger charge is 2.26. The number of rotatable bonds is 7. The van der Waals surface area contributed by atoms with Crippen molar-refractivity contribution in [1.29, 1.82) is 0 Å². The Labute approximate surface area is 181 Å². The molecule has 1 N–H and O–H groups in total. The molecule has 6 heteroatoms. The van der Waals surface area contributed by atoms with Gasteiger partial charge in [-0.15, -0.1) is 0 Å². The molecule has 1 amide bonds. The lowest BCUT2D eigenvalue weighted by Crippen LogP contribution is -2.40. The molecule has 1 atom stereocenters. The van der Waals surface area contributed by atoms with Gasteiger partial charge in [0, 0.05) is 19.6 Å². The van der Waals surface area contributed by atoms with Crippen molar-refractivity contribution < 1.29 is 14.3 Å². The molecule has 156 valence electrons. The molecule has 30 heavy (non-hydrogen) atoms. The minimum absolute atomic E-state index is 0.116. The minimum Gasteiger partial charge on any atom is -0.493 e. The molecule has 1 aliphatic heterocycles. The van der Waals surface area contributed by atoms with Crippen LogP contribution in [0.1, 0.15) is 33.1 Å². The van der Waals surface area contributed by atoms with Crippen LogP contribution >= 0.6 is 11.3 Å². The fraction of sp³-hybridized carbons (Fsp3) is 0.292. The van der Waals surface area contributed by atoms with Gasteiger partial charge in [0.15, 0.2) is 11.5 Å². The molecular weight excluding hydrogens is 396 g/mol. The topological polar surface area (TPSA) is 50.8 Å². The largest absolute Gasteiger partial charge is 0.493 e. The summed E-state index contributed by atoms with van der Waals surface area (Å²) in [6, 6.07) is 16.2. The van der Waals surface area contributed by atoms with Crippen molar-refractivity contribution in [3.63, 3.8) is 0 Å². The zero-order chi connectivity index (χ0) is 20.9. The lowest BCUT2D eigenvalue weighted by atomic mass is 9.97. The second-order valence-electron chi connectivity index (χ2n) is 7.31. The molecule has 2 heterocycles. The van der Waals surface area contributed by atoms with Crippen molar-refractivity contribution in [2.75, 3.05) is 27.3 Å². The number of fused-ring (bicyclic) bond motifs is 1. The van der Waals surface area contributed by atoms with Crippen LogP contribution in [0.5, 0.6) is 11.5 Å². The third kappa shape index (κ3) is 4.20. The number of carbonyl (C=O) groups excluding carboxylic acids is 1. The van der Waals surface area contributed by atoms with Crippen molar-refractivity contribution in [1.82, 2.24) is 10.2 Å². The molecule has 3 aromatic rings. The maximum atomic E-state index is 13.0. The number of para-hydroxylation sites is 1. The van der Waals surface area contributed by atoms with E-state index in [0.29, 0.717) is 23.6 Å². The highest BCUT2D eigenvalue weighted by molar-refractivity contribution is 7.08. The van der Waals surface area contributed by atoms with E-state index < -0.39 is 0 Å². The number of amides is 1. The van der Waals surface area contributed by atoms with Gasteiger partial charge < -0.3 is 14.8 Å². The van der Waals surface area contributed by atoms with E-state index in [1.54, 1.807) is 43.8 Å². The van der Waals surface area contributed by atoms with E-state index in [9.17, 15) is 4.79 Å². The van der Waals surface area contributed by atoms with E-state index in [2.05, 4.69) is 51.3 Å². The molecule has 0 aliphatic carbocycles. The predicted octanol–water partition coefficient (Wildman–Crippen LogP) is 4.29. The van der Waals surface area contributed by atoms with Crippen molar-refractivity contribution in [2.45, 2.75) is 19.0 Å². The van der Waals surface area contributed by atoms with Gasteiger partial charge in [0.1, 0.15) is 0 Å². The van der Waals surface area contributed by atoms with E-state index in [-0.39, 0.29) is 11.9 Å². The number of hydrogen-bond acceptors (Lipinski definition) is 5. The molecule has 0 saturated carbocycles. The van der Waals surface area contributed by atoms with Gasteiger partial charge in [0.05, 0.1) is 25.8 Å². The van der Waals surface area contributed by atoms with Crippen LogP contribution in [0.25, 0.3) is 0 Å². The van der Waals surface area contributed by atoms with Crippen LogP contribution in [-0.2, 0) is 13.0 Å². The Morgan fingerprint density at radius 2 is 1.93 bits per heavy atom. The van der Waals surface area contributed by atoms with Crippen molar-refractivity contribution in [3.8, 4) is 11.5 Å². The van der Waals surface area contributed by atoms with Crippen LogP contribution in [0.4, 0.5) is 0 Å². The number of thiophene rings is 1. The average molecular weight is 423 g/mol. The van der Waals surface area contributed by atoms with Crippen LogP contribution in [0.3, 0.4) is 0 Å². The zero-order valence-corrected chi connectivity index (χ0v) is 18.1. The van der Waals surface area contributed by atoms with E-state index in [1.165, 1.54) is 16.7 Å². The first-order valence-electron chi connectivity index (χ1n) is 10.0. The number of carbonyl (C=O) groups is 1. The normalized spacial score (nSPS) is 14.6. The average Bonchev–Trinajstić information content (AvgIpc) is 3.33. The zero-order valence-electron chi connectivity index (χ0n) is 17.3. The summed E-state index contributed by atoms with van der Waals surface area (Å²) in [5.41, 5.74) is 4.50. The Morgan fingerprint density at radius 3 is 2.67 bits per heavy atom. The third-order valence-corrected chi connectivity index (χ3v) is 6.33. The summed E-state index contributed by atoms with van der Waals surface area (Å²) >= 11 is 1.68. The molecule has 5 nitrogen and oxygen atoms in total. The second kappa shape index (κ2) is 9.32. The molecule has 0 bridgehead atoms. The van der Waals surface area contributed by atoms with Gasteiger partial charge in [-0.2, -0.15) is 11.3 Å². The first kappa shape index (κ1) is 20.4. The summed E-state index contributed by atoms with van der Waals surface area (Å²) in [4.78, 5) is 15.4. The van der Waals surface area contributed by atoms with Crippen molar-refractivity contribution >= 4 is 17.2 Å². The molecular formula is C24H26N2O3S. The van der Waals surface area contributed by atoms with E-state index >= 15 is 0 Å². The van der Waals surface area contributed by atoms with Crippen molar-refractivity contribution in [3.05, 3.63) is 81.5 Å². The number of benzene rings is 2. The number of methoxy groups -OCH3 is 2. The Kier molecular flexibility index (Phi) is 6.35. The van der Waals surface area contributed by atoms with Crippen LogP contribution < -0.4 is 14.8 Å². The SMILES string of the molecule is COc1cccc(C(=O)NCC(c2ccsc2)N2CCc3ccccc3C2)c1OC. The number of nitrogens with zero attached hydrogens (tertiary/aromatic N) is 1. The Balaban J connectivity index is 1.52. The summed E-state index contributed by atoms with van der Waals surface area (Å²) in [5, 5.41) is 7.38. The molecule has 0 saturated heterocycles. The van der Waals surface area contributed by atoms with Gasteiger partial charge in [0.25, 0.3) is 5.91 Å². The van der Waals surface area contributed by atoms with Crippen LogP contribution in [0, 0.1) is 0 Å². The Hall–Kier alpha value is -2.83. The summed E-state index contributed by atoms with van der Waals surface area (Å²) in [5.74, 6) is 0.840. The molecule has 4 rings (SSSR count). The lowest BCUT2D eigenvalue weighted by molar-refractivity contribution is 0.0924. The fourth-order valence-electron chi connectivity index (χ4n) is 4.06. The van der Waals surface area contributed by atoms with Gasteiger partial charge in [-0.3, -0.25) is 9.69 Å². The lowest BCUT2D eigenvalue weighted by Gasteiger charge is -2.35. The van der Waals surface area contributed by atoms with Crippen molar-refractivity contribution in [2.24, 2.45) is 0 Å². The number of ether oxygens (including phenoxy) is 2. The van der Waals surface area contributed by atoms with Gasteiger partial charge >= 0.3 is 0 Å². The number of nitrogens with one attached hydrogen (secondary N) is 1. The van der Waals surface area contributed by atoms with Gasteiger partial charge in [0.2, 0.25) is 0 Å². The van der Waals surface area contributed by atoms with Gasteiger partial charge in [-0.25, -0.2) is 0 Å². The molecule has 1 aromatic heterocycles. The van der Waals surface area contributed by atoms with Gasteiger partial charge in [-0.05, 0) is 52.1 Å². The highest BCUT2D eigenvalue weighted by atomic mass is 32.1. The predicted molar refractivity (Wildman–Crippen MR) is 119 cm³/mol. The van der Waals surface area contributed by atoms with E-state index in [4.69, 9.17) is 9.47 Å². The maximum Gasteiger partial charge on any atom is 0.255 e. The summed E-state index contributed by atoms with van der Waals surface area (Å²) in [7, 11) is 3.12. The summed E-state index contributed by atoms with van der Waals surface area (Å²) in [6.07, 6.45) is 1.02. The van der Waals surface area contributed by atoms with Gasteiger partial charge in [-0.1, -0.05) is 30.3 Å². The fourth-order valence-corrected chi connectivity index (χ4v) is 4.76. The van der Waals surface area contributed by atoms with Crippen LogP contribution in [-0.4, -0.2) is 38.1 Å².